The van der Waals surface area contributed by atoms with Crippen LogP contribution in [-0.4, -0.2) is 254 Å². The van der Waals surface area contributed by atoms with E-state index < -0.39 is 181 Å². The van der Waals surface area contributed by atoms with E-state index in [0.29, 0.717) is 0 Å². The third-order valence-electron chi connectivity index (χ3n) is 17.0. The maximum absolute atomic E-state index is 15.6. The molecule has 1 fully saturated rings. The zero-order chi connectivity index (χ0) is 72.7. The number of hydrogen-bond acceptors (Lipinski definition) is 16. The predicted octanol–water partition coefficient (Wildman–Crippen LogP) is 3.01. The van der Waals surface area contributed by atoms with Crippen molar-refractivity contribution in [2.75, 3.05) is 76.2 Å². The van der Waals surface area contributed by atoms with E-state index in [2.05, 4.69) is 26.0 Å². The lowest BCUT2D eigenvalue weighted by Crippen LogP contribution is -2.64. The monoisotopic (exact) mass is 1330 g/mol. The molecule has 1 aliphatic rings. The fourth-order valence-corrected chi connectivity index (χ4v) is 11.3. The van der Waals surface area contributed by atoms with Crippen molar-refractivity contribution in [2.45, 2.75) is 223 Å². The van der Waals surface area contributed by atoms with Gasteiger partial charge in [-0.3, -0.25) is 52.7 Å². The lowest BCUT2D eigenvalue weighted by molar-refractivity contribution is -0.169. The Kier molecular flexibility index (Phi) is 35.8. The molecule has 0 aromatic rings. The van der Waals surface area contributed by atoms with Gasteiger partial charge in [-0.2, -0.15) is 0 Å². The molecule has 4 N–H and O–H groups in total. The van der Waals surface area contributed by atoms with Gasteiger partial charge in [0.25, 0.3) is 0 Å². The first-order chi connectivity index (χ1) is 43.5. The van der Waals surface area contributed by atoms with E-state index in [9.17, 15) is 43.2 Å². The van der Waals surface area contributed by atoms with Crippen LogP contribution in [0.25, 0.3) is 0 Å². The summed E-state index contributed by atoms with van der Waals surface area (Å²) in [4.78, 5) is 196. The van der Waals surface area contributed by atoms with Gasteiger partial charge in [-0.15, -0.1) is 0 Å². The molecule has 94 heavy (non-hydrogen) atoms. The summed E-state index contributed by atoms with van der Waals surface area (Å²) in [6.45, 7) is 27.4. The second kappa shape index (κ2) is 39.6. The van der Waals surface area contributed by atoms with Crippen LogP contribution in [0.1, 0.15) is 156 Å². The molecule has 0 saturated carbocycles. The highest BCUT2D eigenvalue weighted by atomic mass is 16.6. The van der Waals surface area contributed by atoms with Gasteiger partial charge in [0.1, 0.15) is 79.7 Å². The molecule has 1 aliphatic heterocycles. The molecular weight excluding hydrogens is 1210 g/mol. The predicted molar refractivity (Wildman–Crippen MR) is 355 cm³/mol. The summed E-state index contributed by atoms with van der Waals surface area (Å²) in [5.41, 5.74) is 0. The smallest absolute Gasteiger partial charge is 0.332 e. The summed E-state index contributed by atoms with van der Waals surface area (Å²) >= 11 is 0. The van der Waals surface area contributed by atoms with Crippen molar-refractivity contribution in [3.8, 4) is 0 Å². The Bertz CT molecular complexity index is 2630. The zero-order valence-electron chi connectivity index (χ0n) is 61.1. The van der Waals surface area contributed by atoms with Crippen molar-refractivity contribution in [3.05, 3.63) is 12.2 Å². The molecular formula is C67H117N11O16. The van der Waals surface area contributed by atoms with Crippen molar-refractivity contribution < 1.29 is 76.5 Å². The summed E-state index contributed by atoms with van der Waals surface area (Å²) < 4.78 is 16.0. The number of methoxy groups -OCH3 is 1. The molecule has 0 aliphatic carbocycles. The van der Waals surface area contributed by atoms with Crippen LogP contribution in [0, 0.1) is 41.4 Å². The number of allylic oxidation sites excluding steroid dienone is 2. The first-order valence-electron chi connectivity index (χ1n) is 33.0. The first-order valence-corrected chi connectivity index (χ1v) is 33.0. The standard InChI is InChI=1S/C67H117N11O16/c1-26-28-29-43(15)57(94-53(81)36-93-35-52(80)92-25)56-61(85)70-46(27-2)63(87)72(18)34-51(79)73(19)47(30-37(3)4)60(84)71-54(41(11)12)66(90)74(20)48(31-38(5)6)59(83)68-44(16)58(82)69-45(17)62(86)75(21)49(32-39(7)8)64(88)76(22)50(33-40(9)10)65(89)77(23)55(42(13)14)67(91)78(56)24/h26,28,37-50,54-57H,27,29-36H2,1-25H3,(H,68,83)(H,69,82)(H,70,85)(H,71,84)/b28-26+/t43-,44+,45-,46-,47+,48+,49+,50+,54+,55-,56?,57-/m1/s1. The van der Waals surface area contributed by atoms with Gasteiger partial charge in [0.15, 0.2) is 0 Å². The number of hydrogen-bond donors (Lipinski definition) is 4. The molecule has 11 amide bonds. The third kappa shape index (κ3) is 24.9. The highest BCUT2D eigenvalue weighted by molar-refractivity contribution is 5.99. The van der Waals surface area contributed by atoms with Crippen molar-refractivity contribution in [1.29, 1.82) is 0 Å². The minimum Gasteiger partial charge on any atom is -0.467 e. The van der Waals surface area contributed by atoms with E-state index in [1.807, 2.05) is 55.4 Å². The average Bonchev–Trinajstić information content (AvgIpc) is 0.802. The molecule has 27 nitrogen and oxygen atoms in total. The fourth-order valence-electron chi connectivity index (χ4n) is 11.3. The molecule has 0 aromatic carbocycles. The summed E-state index contributed by atoms with van der Waals surface area (Å²) in [5.74, 6) is -12.5. The molecule has 536 valence electrons. The Morgan fingerprint density at radius 2 is 0.926 bits per heavy atom. The Labute approximate surface area is 559 Å². The molecule has 0 bridgehead atoms. The van der Waals surface area contributed by atoms with E-state index in [4.69, 9.17) is 9.47 Å². The number of carbonyl (C=O) groups excluding carboxylic acids is 13. The number of carbonyl (C=O) groups is 13. The maximum atomic E-state index is 15.6. The highest BCUT2D eigenvalue weighted by Gasteiger charge is 2.47. The maximum Gasteiger partial charge on any atom is 0.332 e. The normalized spacial score (nSPS) is 25.3. The van der Waals surface area contributed by atoms with E-state index in [1.54, 1.807) is 60.6 Å². The number of rotatable bonds is 20. The zero-order valence-corrected chi connectivity index (χ0v) is 61.1. The Morgan fingerprint density at radius 3 is 1.39 bits per heavy atom. The van der Waals surface area contributed by atoms with E-state index in [0.717, 1.165) is 16.9 Å². The van der Waals surface area contributed by atoms with E-state index in [-0.39, 0.29) is 62.2 Å². The molecule has 1 saturated heterocycles. The lowest BCUT2D eigenvalue weighted by atomic mass is 9.91. The summed E-state index contributed by atoms with van der Waals surface area (Å²) in [6, 6.07) is -13.0. The van der Waals surface area contributed by atoms with Gasteiger partial charge in [-0.25, -0.2) is 9.59 Å². The number of amides is 11. The van der Waals surface area contributed by atoms with Crippen LogP contribution in [0.3, 0.4) is 0 Å². The molecule has 0 aromatic heterocycles. The van der Waals surface area contributed by atoms with Gasteiger partial charge in [-0.1, -0.05) is 109 Å². The largest absolute Gasteiger partial charge is 0.467 e. The molecule has 1 rings (SSSR count). The second-order valence-corrected chi connectivity index (χ2v) is 27.6. The average molecular weight is 1330 g/mol. The number of nitrogens with zero attached hydrogens (tertiary/aromatic N) is 7. The van der Waals surface area contributed by atoms with Crippen molar-refractivity contribution in [2.24, 2.45) is 41.4 Å². The minimum atomic E-state index is -1.76. The van der Waals surface area contributed by atoms with Gasteiger partial charge in [0.2, 0.25) is 65.0 Å². The van der Waals surface area contributed by atoms with E-state index in [1.165, 1.54) is 87.7 Å². The van der Waals surface area contributed by atoms with E-state index >= 15 is 19.2 Å². The number of esters is 2. The molecule has 0 radical (unpaired) electrons. The molecule has 1 heterocycles. The van der Waals surface area contributed by atoms with Crippen LogP contribution in [-0.2, 0) is 76.5 Å². The van der Waals surface area contributed by atoms with Crippen LogP contribution in [0.5, 0.6) is 0 Å². The topological polar surface area (TPSA) is 320 Å². The van der Waals surface area contributed by atoms with Crippen LogP contribution in [0.2, 0.25) is 0 Å². The molecule has 27 heteroatoms. The van der Waals surface area contributed by atoms with Crippen molar-refractivity contribution in [3.63, 3.8) is 0 Å². The van der Waals surface area contributed by atoms with Gasteiger partial charge in [0, 0.05) is 49.3 Å². The van der Waals surface area contributed by atoms with Gasteiger partial charge >= 0.3 is 11.9 Å². The summed E-state index contributed by atoms with van der Waals surface area (Å²) in [7, 11) is 10.8. The lowest BCUT2D eigenvalue weighted by Gasteiger charge is -2.42. The molecule has 0 spiro atoms. The Hall–Kier alpha value is -7.19. The SMILES string of the molecule is C/C=C/C[C@@H](C)[C@@H](OC(=O)COCC(=O)OC)C1C(=O)N[C@H](CC)C(=O)N(C)CC(=O)N(C)[C@@H](CC(C)C)C(=O)N[C@@H](C(C)C)C(=O)N(C)[C@@H](CC(C)C)C(=O)N[C@@H](C)C(=O)N[C@H](C)C(=O)N(C)[C@@H](CC(C)C)C(=O)N(C)[C@@H](CC(C)C)C(=O)N(C)[C@H](C(C)C)C(=O)N1C. The Morgan fingerprint density at radius 1 is 0.489 bits per heavy atom. The van der Waals surface area contributed by atoms with Gasteiger partial charge in [0.05, 0.1) is 13.7 Å². The highest BCUT2D eigenvalue weighted by Crippen LogP contribution is 2.27. The quantitative estimate of drug-likeness (QED) is 0.101. The first kappa shape index (κ1) is 84.8. The number of nitrogens with one attached hydrogen (secondary N) is 4. The second-order valence-electron chi connectivity index (χ2n) is 27.6. The van der Waals surface area contributed by atoms with Crippen LogP contribution in [0.15, 0.2) is 12.2 Å². The van der Waals surface area contributed by atoms with Crippen LogP contribution < -0.4 is 21.3 Å². The Balaban J connectivity index is 4.53. The van der Waals surface area contributed by atoms with Crippen LogP contribution in [0.4, 0.5) is 0 Å². The summed E-state index contributed by atoms with van der Waals surface area (Å²) in [5, 5.41) is 11.0. The number of likely N-dealkylation sites (N-methyl/N-ethyl adjacent to an activating group) is 7. The minimum absolute atomic E-state index is 0.0647. The molecule has 1 unspecified atom stereocenters. The summed E-state index contributed by atoms with van der Waals surface area (Å²) in [6.07, 6.45) is 2.56. The third-order valence-corrected chi connectivity index (χ3v) is 17.0. The van der Waals surface area contributed by atoms with Crippen LogP contribution >= 0.6 is 0 Å². The fraction of sp³-hybridized carbons (Fsp3) is 0.776. The molecule has 12 atom stereocenters. The van der Waals surface area contributed by atoms with Crippen molar-refractivity contribution in [1.82, 2.24) is 55.6 Å². The van der Waals surface area contributed by atoms with Gasteiger partial charge < -0.3 is 69.8 Å². The van der Waals surface area contributed by atoms with Crippen molar-refractivity contribution >= 4 is 76.9 Å². The van der Waals surface area contributed by atoms with Gasteiger partial charge in [-0.05, 0) is 101 Å². The number of ether oxygens (including phenoxy) is 3.